The maximum atomic E-state index is 9.65. The molecule has 0 radical (unpaired) electrons. The molecule has 1 aromatic carbocycles. The summed E-state index contributed by atoms with van der Waals surface area (Å²) in [5.74, 6) is 1.98. The highest BCUT2D eigenvalue weighted by Gasteiger charge is 2.22. The summed E-state index contributed by atoms with van der Waals surface area (Å²) < 4.78 is 0. The molecule has 112 valence electrons. The summed E-state index contributed by atoms with van der Waals surface area (Å²) in [6.45, 7) is 2.07. The van der Waals surface area contributed by atoms with Crippen LogP contribution in [0, 0.1) is 0 Å². The van der Waals surface area contributed by atoms with Crippen molar-refractivity contribution in [2.75, 3.05) is 5.32 Å². The number of phenols is 1. The van der Waals surface area contributed by atoms with Crippen molar-refractivity contribution in [1.82, 2.24) is 9.97 Å². The number of aryl methyl sites for hydroxylation is 3. The third-order valence-corrected chi connectivity index (χ3v) is 5.22. The van der Waals surface area contributed by atoms with Crippen LogP contribution in [0.25, 0.3) is 10.2 Å². The third-order valence-electron chi connectivity index (χ3n) is 4.04. The van der Waals surface area contributed by atoms with Crippen molar-refractivity contribution in [2.45, 2.75) is 32.6 Å². The topological polar surface area (TPSA) is 58.0 Å². The Hall–Kier alpha value is -2.14. The molecule has 0 saturated carbocycles. The summed E-state index contributed by atoms with van der Waals surface area (Å²) in [5.41, 5.74) is 2.25. The molecule has 0 atom stereocenters. The van der Waals surface area contributed by atoms with E-state index in [4.69, 9.17) is 9.97 Å². The largest absolute Gasteiger partial charge is 0.508 e. The Morgan fingerprint density at radius 2 is 2.18 bits per heavy atom. The number of fused-ring (bicyclic) bond motifs is 3. The standard InChI is InChI=1S/C17H17N3OS/c1-2-14-19-16(18-10-5-3-6-11(21)9-10)15-12-7-4-8-13(12)22-17(15)20-14/h3,5-6,9,21H,2,4,7-8H2,1H3,(H,18,19,20). The van der Waals surface area contributed by atoms with Gasteiger partial charge in [-0.3, -0.25) is 0 Å². The zero-order valence-electron chi connectivity index (χ0n) is 12.4. The SMILES string of the molecule is CCc1nc(Nc2cccc(O)c2)c2c3c(sc2n1)CCC3. The van der Waals surface area contributed by atoms with E-state index in [1.807, 2.05) is 12.1 Å². The van der Waals surface area contributed by atoms with Crippen LogP contribution >= 0.6 is 11.3 Å². The van der Waals surface area contributed by atoms with Gasteiger partial charge < -0.3 is 10.4 Å². The van der Waals surface area contributed by atoms with E-state index >= 15 is 0 Å². The maximum Gasteiger partial charge on any atom is 0.143 e. The molecule has 3 aromatic rings. The molecule has 0 unspecified atom stereocenters. The van der Waals surface area contributed by atoms with Gasteiger partial charge in [-0.05, 0) is 37.0 Å². The fourth-order valence-corrected chi connectivity index (χ4v) is 4.29. The average molecular weight is 311 g/mol. The second-order valence-electron chi connectivity index (χ2n) is 5.55. The molecule has 0 spiro atoms. The van der Waals surface area contributed by atoms with Crippen LogP contribution in [0.4, 0.5) is 11.5 Å². The van der Waals surface area contributed by atoms with E-state index in [1.54, 1.807) is 23.5 Å². The van der Waals surface area contributed by atoms with E-state index < -0.39 is 0 Å². The lowest BCUT2D eigenvalue weighted by atomic mass is 10.2. The smallest absolute Gasteiger partial charge is 0.143 e. The highest BCUT2D eigenvalue weighted by Crippen LogP contribution is 2.40. The minimum atomic E-state index is 0.251. The Bertz CT molecular complexity index is 856. The maximum absolute atomic E-state index is 9.65. The predicted molar refractivity (Wildman–Crippen MR) is 90.2 cm³/mol. The third kappa shape index (κ3) is 2.22. The molecule has 4 rings (SSSR count). The summed E-state index contributed by atoms with van der Waals surface area (Å²) in [6.07, 6.45) is 4.30. The number of phenolic OH excluding ortho intramolecular Hbond substituents is 1. The zero-order chi connectivity index (χ0) is 15.1. The highest BCUT2D eigenvalue weighted by molar-refractivity contribution is 7.19. The van der Waals surface area contributed by atoms with Gasteiger partial charge in [0, 0.05) is 23.1 Å². The molecule has 1 aliphatic rings. The lowest BCUT2D eigenvalue weighted by Gasteiger charge is -2.10. The van der Waals surface area contributed by atoms with Crippen molar-refractivity contribution in [2.24, 2.45) is 0 Å². The number of benzene rings is 1. The number of hydrogen-bond donors (Lipinski definition) is 2. The number of anilines is 2. The van der Waals surface area contributed by atoms with Gasteiger partial charge in [0.25, 0.3) is 0 Å². The molecule has 0 bridgehead atoms. The Balaban J connectivity index is 1.87. The van der Waals surface area contributed by atoms with E-state index in [2.05, 4.69) is 12.2 Å². The first-order valence-electron chi connectivity index (χ1n) is 7.62. The van der Waals surface area contributed by atoms with Gasteiger partial charge in [0.2, 0.25) is 0 Å². The van der Waals surface area contributed by atoms with Gasteiger partial charge in [0.05, 0.1) is 5.39 Å². The highest BCUT2D eigenvalue weighted by atomic mass is 32.1. The lowest BCUT2D eigenvalue weighted by Crippen LogP contribution is -2.00. The second-order valence-corrected chi connectivity index (χ2v) is 6.64. The molecule has 0 saturated heterocycles. The van der Waals surface area contributed by atoms with Gasteiger partial charge >= 0.3 is 0 Å². The molecular weight excluding hydrogens is 294 g/mol. The van der Waals surface area contributed by atoms with Crippen LogP contribution in [0.1, 0.15) is 29.6 Å². The van der Waals surface area contributed by atoms with E-state index in [0.29, 0.717) is 0 Å². The van der Waals surface area contributed by atoms with E-state index in [-0.39, 0.29) is 5.75 Å². The van der Waals surface area contributed by atoms with Gasteiger partial charge in [0.15, 0.2) is 0 Å². The molecule has 0 amide bonds. The number of nitrogens with one attached hydrogen (secondary N) is 1. The van der Waals surface area contributed by atoms with Gasteiger partial charge in [0.1, 0.15) is 22.2 Å². The summed E-state index contributed by atoms with van der Waals surface area (Å²) in [5, 5.41) is 14.2. The molecule has 2 aromatic heterocycles. The van der Waals surface area contributed by atoms with Crippen molar-refractivity contribution >= 4 is 33.1 Å². The van der Waals surface area contributed by atoms with E-state index in [1.165, 1.54) is 16.9 Å². The molecule has 5 heteroatoms. The Morgan fingerprint density at radius 1 is 1.27 bits per heavy atom. The Kier molecular flexibility index (Phi) is 3.22. The molecule has 4 nitrogen and oxygen atoms in total. The molecule has 2 N–H and O–H groups in total. The molecule has 2 heterocycles. The van der Waals surface area contributed by atoms with Gasteiger partial charge in [-0.15, -0.1) is 11.3 Å². The van der Waals surface area contributed by atoms with Crippen molar-refractivity contribution in [3.8, 4) is 5.75 Å². The number of aromatic nitrogens is 2. The minimum Gasteiger partial charge on any atom is -0.508 e. The molecule has 22 heavy (non-hydrogen) atoms. The van der Waals surface area contributed by atoms with Crippen LogP contribution in [0.15, 0.2) is 24.3 Å². The van der Waals surface area contributed by atoms with Crippen LogP contribution in [-0.4, -0.2) is 15.1 Å². The number of rotatable bonds is 3. The Morgan fingerprint density at radius 3 is 3.00 bits per heavy atom. The summed E-state index contributed by atoms with van der Waals surface area (Å²) >= 11 is 1.80. The number of aromatic hydroxyl groups is 1. The average Bonchev–Trinajstić information content (AvgIpc) is 3.07. The van der Waals surface area contributed by atoms with Crippen molar-refractivity contribution < 1.29 is 5.11 Å². The normalized spacial score (nSPS) is 13.5. The first-order valence-corrected chi connectivity index (χ1v) is 8.43. The Labute approximate surface area is 132 Å². The number of thiophene rings is 1. The van der Waals surface area contributed by atoms with Crippen LogP contribution in [-0.2, 0) is 19.3 Å². The van der Waals surface area contributed by atoms with Crippen LogP contribution < -0.4 is 5.32 Å². The van der Waals surface area contributed by atoms with Gasteiger partial charge in [-0.25, -0.2) is 9.97 Å². The molecule has 0 fully saturated rings. The molecular formula is C17H17N3OS. The summed E-state index contributed by atoms with van der Waals surface area (Å²) in [6, 6.07) is 7.15. The van der Waals surface area contributed by atoms with Crippen LogP contribution in [0.5, 0.6) is 5.75 Å². The molecule has 0 aliphatic heterocycles. The zero-order valence-corrected chi connectivity index (χ0v) is 13.2. The van der Waals surface area contributed by atoms with Crippen molar-refractivity contribution in [3.05, 3.63) is 40.5 Å². The fraction of sp³-hybridized carbons (Fsp3) is 0.294. The van der Waals surface area contributed by atoms with E-state index in [9.17, 15) is 5.11 Å². The molecule has 1 aliphatic carbocycles. The van der Waals surface area contributed by atoms with E-state index in [0.717, 1.165) is 46.8 Å². The first kappa shape index (κ1) is 13.5. The lowest BCUT2D eigenvalue weighted by molar-refractivity contribution is 0.475. The number of hydrogen-bond acceptors (Lipinski definition) is 5. The quantitative estimate of drug-likeness (QED) is 0.761. The van der Waals surface area contributed by atoms with Crippen molar-refractivity contribution in [1.29, 1.82) is 0 Å². The summed E-state index contributed by atoms with van der Waals surface area (Å²) in [4.78, 5) is 11.9. The monoisotopic (exact) mass is 311 g/mol. The predicted octanol–water partition coefficient (Wildman–Crippen LogP) is 4.19. The summed E-state index contributed by atoms with van der Waals surface area (Å²) in [7, 11) is 0. The van der Waals surface area contributed by atoms with Crippen LogP contribution in [0.3, 0.4) is 0 Å². The fourth-order valence-electron chi connectivity index (χ4n) is 3.01. The van der Waals surface area contributed by atoms with Gasteiger partial charge in [-0.1, -0.05) is 13.0 Å². The van der Waals surface area contributed by atoms with Crippen molar-refractivity contribution in [3.63, 3.8) is 0 Å². The minimum absolute atomic E-state index is 0.251. The first-order chi connectivity index (χ1) is 10.7. The van der Waals surface area contributed by atoms with Crippen LogP contribution in [0.2, 0.25) is 0 Å². The van der Waals surface area contributed by atoms with Gasteiger partial charge in [-0.2, -0.15) is 0 Å². The second kappa shape index (κ2) is 5.25. The number of nitrogens with zero attached hydrogens (tertiary/aromatic N) is 2.